The predicted octanol–water partition coefficient (Wildman–Crippen LogP) is 5.76. The first kappa shape index (κ1) is 33.0. The number of hydrogen-bond acceptors (Lipinski definition) is 9. The van der Waals surface area contributed by atoms with Crippen LogP contribution in [0.4, 0.5) is 15.0 Å². The van der Waals surface area contributed by atoms with E-state index in [0.29, 0.717) is 48.6 Å². The minimum atomic E-state index is -0.586. The highest BCUT2D eigenvalue weighted by molar-refractivity contribution is 6.01. The molecule has 0 spiro atoms. The van der Waals surface area contributed by atoms with E-state index in [4.69, 9.17) is 25.2 Å². The Balaban J connectivity index is 1.27. The third-order valence-electron chi connectivity index (χ3n) is 10.1. The SMILES string of the molecule is CC(C)(C)OC(=O)N1C2CCC1CN(c1nc(OC[C@@H]3CCCN3CCCN)nc3c(F)c(-c4c[nH]c5cccc(CC#N)c45)ccc13)C2. The fourth-order valence-electron chi connectivity index (χ4n) is 7.88. The van der Waals surface area contributed by atoms with Gasteiger partial charge in [0.05, 0.1) is 24.6 Å². The standard InChI is InChI=1S/C37H45FN8O3/c1-37(2,3)49-36(47)46-24-10-11-25(46)21-45(20-24)34-28-13-12-27(29-19-41-30-9-4-7-23(14-16-40)31(29)30)32(38)33(28)42-35(43-34)48-22-26-8-5-17-44(26)18-6-15-39/h4,7,9,12-13,19,24-26,41H,5-6,8,10-11,14-15,17-18,20-22,39H2,1-3H3/t24?,25?,26-/m0/s1. The summed E-state index contributed by atoms with van der Waals surface area (Å²) in [4.78, 5) is 32.5. The van der Waals surface area contributed by atoms with Crippen molar-refractivity contribution in [2.45, 2.75) is 83.0 Å². The Morgan fingerprint density at radius 1 is 1.12 bits per heavy atom. The van der Waals surface area contributed by atoms with Crippen LogP contribution in [0.2, 0.25) is 0 Å². The lowest BCUT2D eigenvalue weighted by molar-refractivity contribution is 0.0122. The first-order valence-electron chi connectivity index (χ1n) is 17.4. The topological polar surface area (TPSA) is 137 Å². The molecule has 5 heterocycles. The highest BCUT2D eigenvalue weighted by Crippen LogP contribution is 2.40. The van der Waals surface area contributed by atoms with Gasteiger partial charge in [-0.25, -0.2) is 9.18 Å². The number of ether oxygens (including phenoxy) is 2. The van der Waals surface area contributed by atoms with Crippen LogP contribution in [0.25, 0.3) is 32.9 Å². The molecule has 258 valence electrons. The van der Waals surface area contributed by atoms with Gasteiger partial charge in [0.25, 0.3) is 0 Å². The molecule has 3 atom stereocenters. The second-order valence-electron chi connectivity index (χ2n) is 14.5. The van der Waals surface area contributed by atoms with Gasteiger partial charge in [0, 0.05) is 52.7 Å². The number of nitriles is 1. The van der Waals surface area contributed by atoms with Crippen molar-refractivity contribution in [3.63, 3.8) is 0 Å². The summed E-state index contributed by atoms with van der Waals surface area (Å²) in [5.41, 5.74) is 8.11. The van der Waals surface area contributed by atoms with Crippen molar-refractivity contribution in [2.75, 3.05) is 44.2 Å². The zero-order valence-electron chi connectivity index (χ0n) is 28.5. The summed E-state index contributed by atoms with van der Waals surface area (Å²) in [7, 11) is 0. The number of nitrogens with one attached hydrogen (secondary N) is 1. The number of anilines is 1. The molecule has 1 amide bonds. The number of carbonyl (C=O) groups is 1. The van der Waals surface area contributed by atoms with E-state index in [1.54, 1.807) is 12.3 Å². The van der Waals surface area contributed by atoms with Gasteiger partial charge >= 0.3 is 12.1 Å². The smallest absolute Gasteiger partial charge is 0.410 e. The molecule has 0 aliphatic carbocycles. The summed E-state index contributed by atoms with van der Waals surface area (Å²) in [5.74, 6) is 0.126. The van der Waals surface area contributed by atoms with Gasteiger partial charge in [-0.05, 0) is 90.2 Å². The third kappa shape index (κ3) is 6.49. The molecule has 7 rings (SSSR count). The highest BCUT2D eigenvalue weighted by atomic mass is 19.1. The average molecular weight is 669 g/mol. The Bertz CT molecular complexity index is 1880. The fourth-order valence-corrected chi connectivity index (χ4v) is 7.88. The van der Waals surface area contributed by atoms with Crippen molar-refractivity contribution in [3.8, 4) is 23.2 Å². The molecule has 4 aromatic rings. The molecule has 2 bridgehead atoms. The van der Waals surface area contributed by atoms with E-state index in [9.17, 15) is 10.1 Å². The van der Waals surface area contributed by atoms with E-state index in [2.05, 4.69) is 20.9 Å². The summed E-state index contributed by atoms with van der Waals surface area (Å²) in [5, 5.41) is 10.9. The Kier molecular flexibility index (Phi) is 9.07. The van der Waals surface area contributed by atoms with Gasteiger partial charge in [0.1, 0.15) is 23.5 Å². The quantitative estimate of drug-likeness (QED) is 0.228. The first-order chi connectivity index (χ1) is 23.6. The van der Waals surface area contributed by atoms with Crippen molar-refractivity contribution in [3.05, 3.63) is 47.9 Å². The van der Waals surface area contributed by atoms with Gasteiger partial charge < -0.3 is 25.1 Å². The number of likely N-dealkylation sites (tertiary alicyclic amines) is 1. The molecule has 0 radical (unpaired) electrons. The largest absolute Gasteiger partial charge is 0.462 e. The third-order valence-corrected chi connectivity index (χ3v) is 10.1. The molecule has 3 aliphatic heterocycles. The van der Waals surface area contributed by atoms with E-state index in [0.717, 1.165) is 61.7 Å². The molecule has 2 unspecified atom stereocenters. The lowest BCUT2D eigenvalue weighted by atomic mass is 9.98. The van der Waals surface area contributed by atoms with Crippen molar-refractivity contribution in [1.29, 1.82) is 5.26 Å². The Morgan fingerprint density at radius 2 is 1.92 bits per heavy atom. The monoisotopic (exact) mass is 668 g/mol. The van der Waals surface area contributed by atoms with Crippen molar-refractivity contribution < 1.29 is 18.7 Å². The van der Waals surface area contributed by atoms with Gasteiger partial charge in [0.15, 0.2) is 5.82 Å². The normalized spacial score (nSPS) is 21.1. The second kappa shape index (κ2) is 13.4. The highest BCUT2D eigenvalue weighted by Gasteiger charge is 2.45. The number of aromatic amines is 1. The number of halogens is 1. The minimum absolute atomic E-state index is 0.0496. The van der Waals surface area contributed by atoms with Crippen molar-refractivity contribution >= 4 is 33.7 Å². The van der Waals surface area contributed by atoms with E-state index < -0.39 is 11.4 Å². The maximum Gasteiger partial charge on any atom is 0.410 e. The maximum atomic E-state index is 16.9. The average Bonchev–Trinajstić information content (AvgIpc) is 3.78. The van der Waals surface area contributed by atoms with Crippen LogP contribution in [0.5, 0.6) is 6.01 Å². The molecule has 11 nitrogen and oxygen atoms in total. The summed E-state index contributed by atoms with van der Waals surface area (Å²) in [6, 6.07) is 11.9. The number of benzene rings is 2. The molecule has 3 saturated heterocycles. The van der Waals surface area contributed by atoms with Crippen LogP contribution in [-0.2, 0) is 11.2 Å². The number of nitrogens with two attached hydrogens (primary N) is 1. The number of aromatic nitrogens is 3. The van der Waals surface area contributed by atoms with Crippen LogP contribution >= 0.6 is 0 Å². The zero-order valence-corrected chi connectivity index (χ0v) is 28.5. The van der Waals surface area contributed by atoms with Crippen LogP contribution in [0.1, 0.15) is 58.4 Å². The molecule has 0 saturated carbocycles. The molecule has 2 aromatic heterocycles. The van der Waals surface area contributed by atoms with E-state index >= 15 is 4.39 Å². The summed E-state index contributed by atoms with van der Waals surface area (Å²) in [6.07, 6.45) is 6.44. The molecule has 3 fully saturated rings. The van der Waals surface area contributed by atoms with Gasteiger partial charge in [-0.2, -0.15) is 15.2 Å². The Morgan fingerprint density at radius 3 is 2.65 bits per heavy atom. The zero-order chi connectivity index (χ0) is 34.3. The molecular weight excluding hydrogens is 623 g/mol. The van der Waals surface area contributed by atoms with Gasteiger partial charge in [0.2, 0.25) is 0 Å². The van der Waals surface area contributed by atoms with E-state index in [1.165, 1.54) is 0 Å². The predicted molar refractivity (Wildman–Crippen MR) is 187 cm³/mol. The number of piperazine rings is 1. The lowest BCUT2D eigenvalue weighted by Crippen LogP contribution is -2.57. The summed E-state index contributed by atoms with van der Waals surface area (Å²) in [6.45, 7) is 9.67. The van der Waals surface area contributed by atoms with Crippen LogP contribution in [0.3, 0.4) is 0 Å². The van der Waals surface area contributed by atoms with Crippen LogP contribution < -0.4 is 15.4 Å². The van der Waals surface area contributed by atoms with Crippen molar-refractivity contribution in [1.82, 2.24) is 24.8 Å². The number of fused-ring (bicyclic) bond motifs is 4. The Labute approximate surface area is 286 Å². The first-order valence-corrected chi connectivity index (χ1v) is 17.4. The van der Waals surface area contributed by atoms with Crippen LogP contribution in [-0.4, -0.2) is 93.9 Å². The van der Waals surface area contributed by atoms with Gasteiger partial charge in [-0.3, -0.25) is 9.80 Å². The maximum absolute atomic E-state index is 16.9. The number of nitrogens with zero attached hydrogens (tertiary/aromatic N) is 6. The Hall–Kier alpha value is -4.47. The number of hydrogen-bond donors (Lipinski definition) is 2. The second-order valence-corrected chi connectivity index (χ2v) is 14.5. The fraction of sp³-hybridized carbons (Fsp3) is 0.514. The molecule has 12 heteroatoms. The van der Waals surface area contributed by atoms with E-state index in [1.807, 2.05) is 49.9 Å². The molecule has 3 N–H and O–H groups in total. The molecule has 2 aromatic carbocycles. The number of amides is 1. The van der Waals surface area contributed by atoms with Gasteiger partial charge in [-0.15, -0.1) is 0 Å². The van der Waals surface area contributed by atoms with E-state index in [-0.39, 0.29) is 42.2 Å². The summed E-state index contributed by atoms with van der Waals surface area (Å²) < 4.78 is 29.0. The minimum Gasteiger partial charge on any atom is -0.462 e. The van der Waals surface area contributed by atoms with Crippen LogP contribution in [0.15, 0.2) is 36.5 Å². The number of rotatable bonds is 9. The number of H-pyrrole nitrogens is 1. The number of carbonyl (C=O) groups excluding carboxylic acids is 1. The molecule has 3 aliphatic rings. The van der Waals surface area contributed by atoms with Crippen molar-refractivity contribution in [2.24, 2.45) is 5.73 Å². The molecular formula is C37H45FN8O3. The summed E-state index contributed by atoms with van der Waals surface area (Å²) >= 11 is 0. The van der Waals surface area contributed by atoms with Gasteiger partial charge in [-0.1, -0.05) is 18.2 Å². The van der Waals surface area contributed by atoms with Crippen LogP contribution in [0, 0.1) is 17.1 Å². The molecule has 49 heavy (non-hydrogen) atoms. The lowest BCUT2D eigenvalue weighted by Gasteiger charge is -2.42.